The summed E-state index contributed by atoms with van der Waals surface area (Å²) in [5, 5.41) is 113. The van der Waals surface area contributed by atoms with Gasteiger partial charge in [0, 0.05) is 13.0 Å². The fourth-order valence-electron chi connectivity index (χ4n) is 5.47. The fourth-order valence-corrected chi connectivity index (χ4v) is 5.47. The van der Waals surface area contributed by atoms with Gasteiger partial charge < -0.3 is 94.1 Å². The molecule has 4 aliphatic rings. The number of ether oxygens (including phenoxy) is 8. The van der Waals surface area contributed by atoms with Gasteiger partial charge in [-0.05, 0) is 0 Å². The number of hydrogen-bond acceptors (Lipinski definition) is 19. The molecular weight excluding hydrogens is 604 g/mol. The van der Waals surface area contributed by atoms with Crippen molar-refractivity contribution in [3.63, 3.8) is 0 Å². The highest BCUT2D eigenvalue weighted by atomic mass is 16.8. The van der Waals surface area contributed by atoms with Crippen molar-refractivity contribution in [1.82, 2.24) is 0 Å². The Morgan fingerprint density at radius 3 is 1.68 bits per heavy atom. The second-order valence-corrected chi connectivity index (χ2v) is 11.0. The summed E-state index contributed by atoms with van der Waals surface area (Å²) in [4.78, 5) is 0. The van der Waals surface area contributed by atoms with Crippen molar-refractivity contribution in [3.05, 3.63) is 12.0 Å². The molecule has 4 aliphatic heterocycles. The number of hydrogen-bond donors (Lipinski definition) is 11. The van der Waals surface area contributed by atoms with E-state index in [9.17, 15) is 56.2 Å². The normalized spacial score (nSPS) is 50.1. The Bertz CT molecular complexity index is 925. The van der Waals surface area contributed by atoms with Crippen molar-refractivity contribution in [2.75, 3.05) is 26.9 Å². The Labute approximate surface area is 250 Å². The average Bonchev–Trinajstić information content (AvgIpc) is 3.01. The van der Waals surface area contributed by atoms with Crippen LogP contribution >= 0.6 is 0 Å². The minimum absolute atomic E-state index is 0.648. The molecule has 0 spiro atoms. The van der Waals surface area contributed by atoms with E-state index in [1.54, 1.807) is 0 Å². The first-order valence-corrected chi connectivity index (χ1v) is 14.0. The zero-order valence-corrected chi connectivity index (χ0v) is 23.8. The highest BCUT2D eigenvalue weighted by Crippen LogP contribution is 2.36. The molecule has 0 aromatic carbocycles. The van der Waals surface area contributed by atoms with Crippen LogP contribution in [0.25, 0.3) is 0 Å². The Balaban J connectivity index is 1.57. The molecule has 0 saturated carbocycles. The lowest BCUT2D eigenvalue weighted by Gasteiger charge is -2.49. The van der Waals surface area contributed by atoms with E-state index in [1.807, 2.05) is 0 Å². The molecule has 0 bridgehead atoms. The van der Waals surface area contributed by atoms with Gasteiger partial charge in [0.2, 0.25) is 6.29 Å². The minimum atomic E-state index is -1.86. The van der Waals surface area contributed by atoms with Crippen LogP contribution < -0.4 is 0 Å². The maximum atomic E-state index is 11.0. The number of methoxy groups -OCH3 is 1. The zero-order chi connectivity index (χ0) is 32.5. The zero-order valence-electron chi connectivity index (χ0n) is 23.8. The van der Waals surface area contributed by atoms with Gasteiger partial charge in [0.15, 0.2) is 24.6 Å². The van der Waals surface area contributed by atoms with E-state index in [1.165, 1.54) is 14.0 Å². The molecule has 3 saturated heterocycles. The minimum Gasteiger partial charge on any atom is -0.506 e. The molecule has 4 heterocycles. The van der Waals surface area contributed by atoms with E-state index in [2.05, 4.69) is 0 Å². The first-order chi connectivity index (χ1) is 20.9. The molecule has 0 amide bonds. The molecule has 256 valence electrons. The van der Waals surface area contributed by atoms with E-state index >= 15 is 0 Å². The highest BCUT2D eigenvalue weighted by molar-refractivity contribution is 5.03. The molecule has 19 heteroatoms. The highest BCUT2D eigenvalue weighted by Gasteiger charge is 2.54. The van der Waals surface area contributed by atoms with Gasteiger partial charge in [0.1, 0.15) is 79.5 Å². The third-order valence-corrected chi connectivity index (χ3v) is 8.13. The lowest BCUT2D eigenvalue weighted by molar-refractivity contribution is -0.382. The summed E-state index contributed by atoms with van der Waals surface area (Å²) in [5.41, 5.74) is 0. The van der Waals surface area contributed by atoms with Gasteiger partial charge in [-0.25, -0.2) is 0 Å². The SMILES string of the molecule is CO[C@@H]1OC(CO)[C@H](O)[C@H](O[C@@H]2OC(CO)[C@H](O)[C@H](O[C@@H]3OC(CO)[C@H](O)[C@H](O)C3O[C@@H]3OC=C(O)[C@H](O)C3O)C2C)C1O. The summed E-state index contributed by atoms with van der Waals surface area (Å²) in [7, 11) is 1.23. The first-order valence-electron chi connectivity index (χ1n) is 14.0. The smallest absolute Gasteiger partial charge is 0.228 e. The molecule has 0 aromatic heterocycles. The Morgan fingerprint density at radius 2 is 1.09 bits per heavy atom. The van der Waals surface area contributed by atoms with Crippen molar-refractivity contribution < 1.29 is 94.1 Å². The van der Waals surface area contributed by atoms with Crippen LogP contribution in [-0.2, 0) is 37.9 Å². The molecule has 0 radical (unpaired) electrons. The molecule has 18 atom stereocenters. The fraction of sp³-hybridized carbons (Fsp3) is 0.920. The quantitative estimate of drug-likeness (QED) is 0.105. The summed E-state index contributed by atoms with van der Waals surface area (Å²) in [6.07, 6.45) is -25.9. The maximum absolute atomic E-state index is 11.0. The molecule has 19 nitrogen and oxygen atoms in total. The van der Waals surface area contributed by atoms with Crippen molar-refractivity contribution in [1.29, 1.82) is 0 Å². The summed E-state index contributed by atoms with van der Waals surface area (Å²) < 4.78 is 44.3. The van der Waals surface area contributed by atoms with Crippen molar-refractivity contribution >= 4 is 0 Å². The van der Waals surface area contributed by atoms with Gasteiger partial charge in [0.05, 0.1) is 25.9 Å². The second kappa shape index (κ2) is 15.0. The van der Waals surface area contributed by atoms with Crippen molar-refractivity contribution in [2.24, 2.45) is 5.92 Å². The van der Waals surface area contributed by atoms with Crippen LogP contribution in [0, 0.1) is 5.92 Å². The van der Waals surface area contributed by atoms with E-state index in [0.717, 1.165) is 0 Å². The summed E-state index contributed by atoms with van der Waals surface area (Å²) in [6.45, 7) is -0.710. The van der Waals surface area contributed by atoms with E-state index < -0.39 is 136 Å². The standard InChI is InChI=1S/C25H42O19/c1-7-19(14(32)10(4-27)39-22(7)43-20-15(33)11(5-28)40-23(37-2)18(20)36)42-25-21(16(34)13(31)9(3-26)41-25)44-24-17(35)12(30)8(29)6-38-24/h6-7,9-36H,3-5H2,1-2H3/t7?,9?,10?,11?,12-,13-,14-,15-,16-,17?,18?,19+,20-,21?,22-,23+,24-,25-/m0/s1. The Morgan fingerprint density at radius 1 is 0.591 bits per heavy atom. The largest absolute Gasteiger partial charge is 0.506 e. The molecule has 0 aliphatic carbocycles. The van der Waals surface area contributed by atoms with Crippen molar-refractivity contribution in [3.8, 4) is 0 Å². The molecule has 7 unspecified atom stereocenters. The van der Waals surface area contributed by atoms with Crippen LogP contribution in [0.5, 0.6) is 0 Å². The third kappa shape index (κ3) is 6.99. The summed E-state index contributed by atoms with van der Waals surface area (Å²) in [6, 6.07) is 0. The summed E-state index contributed by atoms with van der Waals surface area (Å²) >= 11 is 0. The van der Waals surface area contributed by atoms with Gasteiger partial charge in [-0.2, -0.15) is 0 Å². The van der Waals surface area contributed by atoms with E-state index in [4.69, 9.17) is 37.9 Å². The van der Waals surface area contributed by atoms with Crippen LogP contribution in [0.4, 0.5) is 0 Å². The van der Waals surface area contributed by atoms with Crippen LogP contribution in [-0.4, -0.2) is 188 Å². The second-order valence-electron chi connectivity index (χ2n) is 11.0. The predicted molar refractivity (Wildman–Crippen MR) is 136 cm³/mol. The van der Waals surface area contributed by atoms with Gasteiger partial charge in [-0.1, -0.05) is 6.92 Å². The van der Waals surface area contributed by atoms with Gasteiger partial charge in [-0.3, -0.25) is 0 Å². The van der Waals surface area contributed by atoms with Crippen molar-refractivity contribution in [2.45, 2.75) is 111 Å². The van der Waals surface area contributed by atoms with Crippen LogP contribution in [0.3, 0.4) is 0 Å². The topological polar surface area (TPSA) is 296 Å². The molecule has 0 aromatic rings. The average molecular weight is 647 g/mol. The molecule has 11 N–H and O–H groups in total. The van der Waals surface area contributed by atoms with Crippen LogP contribution in [0.2, 0.25) is 0 Å². The summed E-state index contributed by atoms with van der Waals surface area (Å²) in [5.74, 6) is -1.70. The number of aliphatic hydroxyl groups is 11. The van der Waals surface area contributed by atoms with Crippen LogP contribution in [0.15, 0.2) is 12.0 Å². The lowest BCUT2D eigenvalue weighted by Crippen LogP contribution is -2.66. The predicted octanol–water partition coefficient (Wildman–Crippen LogP) is -6.14. The Kier molecular flexibility index (Phi) is 12.1. The molecule has 44 heavy (non-hydrogen) atoms. The van der Waals surface area contributed by atoms with Crippen LogP contribution in [0.1, 0.15) is 6.92 Å². The maximum Gasteiger partial charge on any atom is 0.228 e. The van der Waals surface area contributed by atoms with Gasteiger partial charge in [0.25, 0.3) is 0 Å². The third-order valence-electron chi connectivity index (χ3n) is 8.13. The first kappa shape index (κ1) is 35.5. The lowest BCUT2D eigenvalue weighted by atomic mass is 9.91. The van der Waals surface area contributed by atoms with E-state index in [-0.39, 0.29) is 0 Å². The monoisotopic (exact) mass is 646 g/mol. The molecule has 3 fully saturated rings. The molecular formula is C25H42O19. The molecule has 4 rings (SSSR count). The van der Waals surface area contributed by atoms with Gasteiger partial charge >= 0.3 is 0 Å². The number of rotatable bonds is 10. The number of aliphatic hydroxyl groups excluding tert-OH is 11. The van der Waals surface area contributed by atoms with E-state index in [0.29, 0.717) is 6.26 Å². The Hall–Kier alpha value is -1.34. The van der Waals surface area contributed by atoms with Gasteiger partial charge in [-0.15, -0.1) is 0 Å².